The number of hydroxylamine groups is 2. The van der Waals surface area contributed by atoms with Crippen LogP contribution in [0.1, 0.15) is 32.8 Å². The van der Waals surface area contributed by atoms with Gasteiger partial charge in [-0.25, -0.2) is 22.8 Å². The number of ether oxygens (including phenoxy) is 1. The Bertz CT molecular complexity index is 938. The van der Waals surface area contributed by atoms with Gasteiger partial charge in [-0.3, -0.25) is 9.59 Å². The summed E-state index contributed by atoms with van der Waals surface area (Å²) in [6, 6.07) is -1.20. The molecule has 2 amide bonds. The molecule has 10 nitrogen and oxygen atoms in total. The van der Waals surface area contributed by atoms with Crippen molar-refractivity contribution in [2.24, 2.45) is 5.73 Å². The summed E-state index contributed by atoms with van der Waals surface area (Å²) in [5.41, 5.74) is 5.02. The number of piperazine rings is 1. The topological polar surface area (TPSA) is 143 Å². The first-order valence-electron chi connectivity index (χ1n) is 9.96. The van der Waals surface area contributed by atoms with Crippen LogP contribution in [-0.2, 0) is 29.9 Å². The Morgan fingerprint density at radius 2 is 1.82 bits per heavy atom. The fraction of sp³-hybridized carbons (Fsp3) is 0.579. The Balaban J connectivity index is 2.14. The second-order valence-corrected chi connectivity index (χ2v) is 9.71. The molecule has 1 aromatic carbocycles. The standard InChI is InChI=1S/C19H27F3N3O7P/c1-19(2,3)31-10-16-18(27)25(32-33(28,29)30)5-4-24(16)17(26)8-12(23)6-11-7-14(21)15(22)9-13(11)20/h7,9,12,16H,4-6,8,10,23H2,1-3H3,(H2,28,29,30)/t12-,16-/m1/s1. The SMILES string of the molecule is CC(C)(C)OC[C@@H]1C(=O)N(OP(=O)(O)O)CCN1C(=O)C[C@H](N)Cc1cc(F)c(F)cc1F. The predicted octanol–water partition coefficient (Wildman–Crippen LogP) is 1.24. The van der Waals surface area contributed by atoms with Gasteiger partial charge in [0.25, 0.3) is 5.91 Å². The zero-order chi connectivity index (χ0) is 25.1. The number of carbonyl (C=O) groups excluding carboxylic acids is 2. The molecule has 1 heterocycles. The van der Waals surface area contributed by atoms with E-state index in [1.807, 2.05) is 0 Å². The number of nitrogens with zero attached hydrogens (tertiary/aromatic N) is 2. The third-order valence-electron chi connectivity index (χ3n) is 4.66. The van der Waals surface area contributed by atoms with E-state index in [1.165, 1.54) is 0 Å². The maximum atomic E-state index is 13.9. The Morgan fingerprint density at radius 1 is 1.21 bits per heavy atom. The molecular weight excluding hydrogens is 470 g/mol. The Hall–Kier alpha value is -2.02. The summed E-state index contributed by atoms with van der Waals surface area (Å²) in [5.74, 6) is -5.13. The summed E-state index contributed by atoms with van der Waals surface area (Å²) >= 11 is 0. The van der Waals surface area contributed by atoms with Gasteiger partial charge in [-0.15, -0.1) is 0 Å². The van der Waals surface area contributed by atoms with Gasteiger partial charge in [0.05, 0.1) is 18.8 Å². The van der Waals surface area contributed by atoms with Crippen molar-refractivity contribution in [3.8, 4) is 0 Å². The largest absolute Gasteiger partial charge is 0.491 e. The molecule has 1 aliphatic heterocycles. The minimum Gasteiger partial charge on any atom is -0.373 e. The van der Waals surface area contributed by atoms with Gasteiger partial charge in [0.2, 0.25) is 5.91 Å². The molecule has 0 aromatic heterocycles. The number of phosphoric acid groups is 1. The maximum Gasteiger partial charge on any atom is 0.491 e. The smallest absolute Gasteiger partial charge is 0.373 e. The van der Waals surface area contributed by atoms with E-state index in [0.29, 0.717) is 17.2 Å². The first kappa shape index (κ1) is 27.2. The van der Waals surface area contributed by atoms with Gasteiger partial charge in [-0.05, 0) is 38.8 Å². The van der Waals surface area contributed by atoms with Crippen molar-refractivity contribution in [2.45, 2.75) is 51.3 Å². The van der Waals surface area contributed by atoms with Crippen molar-refractivity contribution in [1.82, 2.24) is 9.96 Å². The number of nitrogens with two attached hydrogens (primary N) is 1. The summed E-state index contributed by atoms with van der Waals surface area (Å²) in [6.07, 6.45) is -0.635. The lowest BCUT2D eigenvalue weighted by atomic mass is 10.0. The lowest BCUT2D eigenvalue weighted by molar-refractivity contribution is -0.185. The van der Waals surface area contributed by atoms with Crippen LogP contribution in [0.3, 0.4) is 0 Å². The number of hydrogen-bond acceptors (Lipinski definition) is 6. The summed E-state index contributed by atoms with van der Waals surface area (Å²) < 4.78 is 61.5. The molecule has 4 N–H and O–H groups in total. The van der Waals surface area contributed by atoms with E-state index in [-0.39, 0.29) is 38.1 Å². The number of amides is 2. The molecule has 0 aliphatic carbocycles. The van der Waals surface area contributed by atoms with Crippen LogP contribution in [0.5, 0.6) is 0 Å². The van der Waals surface area contributed by atoms with Crippen molar-refractivity contribution >= 4 is 19.6 Å². The second-order valence-electron chi connectivity index (χ2n) is 8.56. The Morgan fingerprint density at radius 3 is 2.39 bits per heavy atom. The van der Waals surface area contributed by atoms with Gasteiger partial charge < -0.3 is 25.2 Å². The monoisotopic (exact) mass is 497 g/mol. The van der Waals surface area contributed by atoms with Crippen LogP contribution in [0.15, 0.2) is 12.1 Å². The van der Waals surface area contributed by atoms with Crippen molar-refractivity contribution in [1.29, 1.82) is 0 Å². The van der Waals surface area contributed by atoms with Crippen molar-refractivity contribution in [2.75, 3.05) is 19.7 Å². The molecule has 186 valence electrons. The van der Waals surface area contributed by atoms with Crippen LogP contribution >= 0.6 is 7.82 Å². The molecule has 14 heteroatoms. The van der Waals surface area contributed by atoms with Crippen molar-refractivity contribution in [3.05, 3.63) is 35.1 Å². The van der Waals surface area contributed by atoms with E-state index in [2.05, 4.69) is 4.62 Å². The van der Waals surface area contributed by atoms with Gasteiger partial charge in [-0.2, -0.15) is 4.62 Å². The Kier molecular flexibility index (Phi) is 8.66. The van der Waals surface area contributed by atoms with E-state index in [0.717, 1.165) is 4.90 Å². The van der Waals surface area contributed by atoms with Gasteiger partial charge in [-0.1, -0.05) is 0 Å². The molecule has 33 heavy (non-hydrogen) atoms. The van der Waals surface area contributed by atoms with Crippen molar-refractivity contribution < 1.29 is 46.5 Å². The van der Waals surface area contributed by atoms with E-state index in [9.17, 15) is 27.3 Å². The molecule has 1 saturated heterocycles. The van der Waals surface area contributed by atoms with Crippen LogP contribution in [0, 0.1) is 17.5 Å². The van der Waals surface area contributed by atoms with E-state index in [4.69, 9.17) is 20.3 Å². The van der Waals surface area contributed by atoms with Crippen LogP contribution in [0.25, 0.3) is 0 Å². The molecule has 0 radical (unpaired) electrons. The second kappa shape index (κ2) is 10.5. The van der Waals surface area contributed by atoms with E-state index >= 15 is 0 Å². The lowest BCUT2D eigenvalue weighted by Crippen LogP contribution is -2.60. The summed E-state index contributed by atoms with van der Waals surface area (Å²) in [7, 11) is -5.02. The fourth-order valence-corrected chi connectivity index (χ4v) is 3.60. The molecule has 2 atom stereocenters. The quantitative estimate of drug-likeness (QED) is 0.360. The third-order valence-corrected chi connectivity index (χ3v) is 5.07. The average Bonchev–Trinajstić information content (AvgIpc) is 2.64. The number of benzene rings is 1. The fourth-order valence-electron chi connectivity index (χ4n) is 3.18. The van der Waals surface area contributed by atoms with Crippen LogP contribution in [-0.4, -0.2) is 68.9 Å². The zero-order valence-electron chi connectivity index (χ0n) is 18.3. The summed E-state index contributed by atoms with van der Waals surface area (Å²) in [5, 5.41) is 0.484. The third kappa shape index (κ3) is 8.05. The number of halogens is 3. The molecule has 1 fully saturated rings. The predicted molar refractivity (Wildman–Crippen MR) is 109 cm³/mol. The zero-order valence-corrected chi connectivity index (χ0v) is 19.2. The first-order valence-corrected chi connectivity index (χ1v) is 11.5. The molecule has 0 bridgehead atoms. The number of hydrogen-bond donors (Lipinski definition) is 3. The first-order chi connectivity index (χ1) is 15.1. The highest BCUT2D eigenvalue weighted by Crippen LogP contribution is 2.38. The van der Waals surface area contributed by atoms with Gasteiger partial charge in [0, 0.05) is 25.1 Å². The van der Waals surface area contributed by atoms with E-state index < -0.39 is 54.8 Å². The summed E-state index contributed by atoms with van der Waals surface area (Å²) in [6.45, 7) is 4.37. The average molecular weight is 497 g/mol. The molecule has 1 aliphatic rings. The molecule has 0 spiro atoms. The van der Waals surface area contributed by atoms with Crippen LogP contribution in [0.4, 0.5) is 13.2 Å². The van der Waals surface area contributed by atoms with Crippen molar-refractivity contribution in [3.63, 3.8) is 0 Å². The lowest BCUT2D eigenvalue weighted by Gasteiger charge is -2.40. The van der Waals surface area contributed by atoms with Gasteiger partial charge >= 0.3 is 7.82 Å². The normalized spacial score (nSPS) is 18.6. The molecule has 0 saturated carbocycles. The highest BCUT2D eigenvalue weighted by atomic mass is 31.2. The molecular formula is C19H27F3N3O7P. The molecule has 2 rings (SSSR count). The highest BCUT2D eigenvalue weighted by molar-refractivity contribution is 7.46. The van der Waals surface area contributed by atoms with E-state index in [1.54, 1.807) is 20.8 Å². The number of rotatable bonds is 8. The van der Waals surface area contributed by atoms with Gasteiger partial charge in [0.15, 0.2) is 11.6 Å². The molecule has 0 unspecified atom stereocenters. The maximum absolute atomic E-state index is 13.9. The minimum atomic E-state index is -5.02. The number of carbonyl (C=O) groups is 2. The van der Waals surface area contributed by atoms with Crippen LogP contribution in [0.2, 0.25) is 0 Å². The van der Waals surface area contributed by atoms with Gasteiger partial charge in [0.1, 0.15) is 11.9 Å². The highest BCUT2D eigenvalue weighted by Gasteiger charge is 2.41. The van der Waals surface area contributed by atoms with Crippen LogP contribution < -0.4 is 5.73 Å². The minimum absolute atomic E-state index is 0.144. The molecule has 1 aromatic rings. The Labute approximate surface area is 188 Å². The summed E-state index contributed by atoms with van der Waals surface area (Å²) in [4.78, 5) is 44.8.